The summed E-state index contributed by atoms with van der Waals surface area (Å²) in [6, 6.07) is 0. The minimum atomic E-state index is -3.45. The largest absolute Gasteiger partial charge is 0.469 e. The Bertz CT molecular complexity index is 461. The molecule has 1 heterocycles. The molecule has 0 amide bonds. The lowest BCUT2D eigenvalue weighted by molar-refractivity contribution is -0.146. The van der Waals surface area contributed by atoms with E-state index in [2.05, 4.69) is 9.47 Å². The van der Waals surface area contributed by atoms with Crippen LogP contribution < -0.4 is 0 Å². The van der Waals surface area contributed by atoms with E-state index in [0.29, 0.717) is 6.54 Å². The Balaban J connectivity index is 2.57. The van der Waals surface area contributed by atoms with Gasteiger partial charge in [-0.1, -0.05) is 6.92 Å². The SMILES string of the molecule is COC(=O)CCCS(=O)(=O)N1CC(C)C(C(=O)OC)C1. The fraction of sp³-hybridized carbons (Fsp3) is 0.833. The van der Waals surface area contributed by atoms with Crippen LogP contribution in [0.25, 0.3) is 0 Å². The highest BCUT2D eigenvalue weighted by Gasteiger charge is 2.40. The van der Waals surface area contributed by atoms with Crippen LogP contribution in [0.3, 0.4) is 0 Å². The van der Waals surface area contributed by atoms with Crippen LogP contribution in [0.2, 0.25) is 0 Å². The summed E-state index contributed by atoms with van der Waals surface area (Å²) in [4.78, 5) is 22.5. The van der Waals surface area contributed by atoms with Gasteiger partial charge in [0.1, 0.15) is 0 Å². The van der Waals surface area contributed by atoms with Crippen molar-refractivity contribution in [2.75, 3.05) is 33.1 Å². The number of methoxy groups -OCH3 is 2. The van der Waals surface area contributed by atoms with Crippen LogP contribution in [0.5, 0.6) is 0 Å². The number of hydrogen-bond acceptors (Lipinski definition) is 6. The molecule has 1 rings (SSSR count). The van der Waals surface area contributed by atoms with Crippen molar-refractivity contribution in [2.24, 2.45) is 11.8 Å². The molecule has 0 aromatic carbocycles. The van der Waals surface area contributed by atoms with Crippen LogP contribution in [-0.4, -0.2) is 57.7 Å². The molecule has 1 saturated heterocycles. The van der Waals surface area contributed by atoms with Crippen LogP contribution >= 0.6 is 0 Å². The third-order valence-corrected chi connectivity index (χ3v) is 5.38. The average molecular weight is 307 g/mol. The first-order valence-electron chi connectivity index (χ1n) is 6.44. The number of ether oxygens (including phenoxy) is 2. The molecule has 1 fully saturated rings. The second-order valence-corrected chi connectivity index (χ2v) is 7.01. The summed E-state index contributed by atoms with van der Waals surface area (Å²) < 4.78 is 34.7. The maximum Gasteiger partial charge on any atom is 0.310 e. The molecule has 0 aromatic heterocycles. The molecule has 0 N–H and O–H groups in total. The number of nitrogens with zero attached hydrogens (tertiary/aromatic N) is 1. The van der Waals surface area contributed by atoms with Gasteiger partial charge in [0.25, 0.3) is 0 Å². The smallest absolute Gasteiger partial charge is 0.310 e. The first-order valence-corrected chi connectivity index (χ1v) is 8.05. The van der Waals surface area contributed by atoms with Crippen molar-refractivity contribution in [2.45, 2.75) is 19.8 Å². The highest BCUT2D eigenvalue weighted by atomic mass is 32.2. The quantitative estimate of drug-likeness (QED) is 0.642. The second-order valence-electron chi connectivity index (χ2n) is 4.92. The summed E-state index contributed by atoms with van der Waals surface area (Å²) in [5.74, 6) is -1.43. The zero-order valence-electron chi connectivity index (χ0n) is 12.0. The molecule has 8 heteroatoms. The van der Waals surface area contributed by atoms with E-state index in [9.17, 15) is 18.0 Å². The topological polar surface area (TPSA) is 90.0 Å². The first kappa shape index (κ1) is 16.9. The molecule has 1 aliphatic rings. The second kappa shape index (κ2) is 7.03. The standard InChI is InChI=1S/C12H21NO6S/c1-9-7-13(8-10(9)12(15)19-3)20(16,17)6-4-5-11(14)18-2/h9-10H,4-8H2,1-3H3. The minimum Gasteiger partial charge on any atom is -0.469 e. The van der Waals surface area contributed by atoms with Crippen LogP contribution in [0.4, 0.5) is 0 Å². The predicted molar refractivity (Wildman–Crippen MR) is 71.3 cm³/mol. The molecule has 116 valence electrons. The summed E-state index contributed by atoms with van der Waals surface area (Å²) in [6.45, 7) is 2.28. The number of sulfonamides is 1. The maximum absolute atomic E-state index is 12.1. The maximum atomic E-state index is 12.1. The van der Waals surface area contributed by atoms with Gasteiger partial charge >= 0.3 is 11.9 Å². The van der Waals surface area contributed by atoms with Gasteiger partial charge in [0, 0.05) is 19.5 Å². The molecular weight excluding hydrogens is 286 g/mol. The molecule has 0 spiro atoms. The number of esters is 2. The van der Waals surface area contributed by atoms with Gasteiger partial charge in [-0.15, -0.1) is 0 Å². The normalized spacial score (nSPS) is 23.6. The van der Waals surface area contributed by atoms with Gasteiger partial charge in [-0.25, -0.2) is 12.7 Å². The lowest BCUT2D eigenvalue weighted by Crippen LogP contribution is -2.32. The Morgan fingerprint density at radius 2 is 1.85 bits per heavy atom. The van der Waals surface area contributed by atoms with Crippen molar-refractivity contribution < 1.29 is 27.5 Å². The number of hydrogen-bond donors (Lipinski definition) is 0. The molecule has 0 bridgehead atoms. The fourth-order valence-corrected chi connectivity index (χ4v) is 3.86. The lowest BCUT2D eigenvalue weighted by Gasteiger charge is -2.15. The van der Waals surface area contributed by atoms with Crippen LogP contribution in [0.15, 0.2) is 0 Å². The Kier molecular flexibility index (Phi) is 5.94. The van der Waals surface area contributed by atoms with Gasteiger partial charge in [0.15, 0.2) is 0 Å². The monoisotopic (exact) mass is 307 g/mol. The third-order valence-electron chi connectivity index (χ3n) is 3.49. The van der Waals surface area contributed by atoms with Crippen LogP contribution in [-0.2, 0) is 29.1 Å². The number of rotatable bonds is 6. The lowest BCUT2D eigenvalue weighted by atomic mass is 9.99. The predicted octanol–water partition coefficient (Wildman–Crippen LogP) is 0.0103. The molecule has 1 aliphatic heterocycles. The van der Waals surface area contributed by atoms with Crippen molar-refractivity contribution in [3.05, 3.63) is 0 Å². The Morgan fingerprint density at radius 1 is 1.20 bits per heavy atom. The van der Waals surface area contributed by atoms with E-state index < -0.39 is 21.9 Å². The Hall–Kier alpha value is -1.15. The van der Waals surface area contributed by atoms with Crippen LogP contribution in [0.1, 0.15) is 19.8 Å². The average Bonchev–Trinajstić information content (AvgIpc) is 2.80. The summed E-state index contributed by atoms with van der Waals surface area (Å²) >= 11 is 0. The van der Waals surface area contributed by atoms with E-state index in [1.807, 2.05) is 6.92 Å². The molecule has 0 aliphatic carbocycles. The van der Waals surface area contributed by atoms with Crippen molar-refractivity contribution in [1.29, 1.82) is 0 Å². The molecule has 2 atom stereocenters. The van der Waals surface area contributed by atoms with Gasteiger partial charge in [0.05, 0.1) is 25.9 Å². The van der Waals surface area contributed by atoms with E-state index in [4.69, 9.17) is 0 Å². The zero-order chi connectivity index (χ0) is 15.3. The molecular formula is C12H21NO6S. The summed E-state index contributed by atoms with van der Waals surface area (Å²) in [5.41, 5.74) is 0. The van der Waals surface area contributed by atoms with Gasteiger partial charge in [-0.05, 0) is 12.3 Å². The highest BCUT2D eigenvalue weighted by Crippen LogP contribution is 2.26. The van der Waals surface area contributed by atoms with Crippen molar-refractivity contribution in [3.63, 3.8) is 0 Å². The highest BCUT2D eigenvalue weighted by molar-refractivity contribution is 7.89. The van der Waals surface area contributed by atoms with Crippen molar-refractivity contribution in [1.82, 2.24) is 4.31 Å². The number of carbonyl (C=O) groups is 2. The molecule has 0 aromatic rings. The van der Waals surface area contributed by atoms with Crippen molar-refractivity contribution >= 4 is 22.0 Å². The zero-order valence-corrected chi connectivity index (χ0v) is 12.8. The first-order chi connectivity index (χ1) is 9.31. The summed E-state index contributed by atoms with van der Waals surface area (Å²) in [6.07, 6.45) is 0.280. The van der Waals surface area contributed by atoms with E-state index in [1.54, 1.807) is 0 Å². The molecule has 0 saturated carbocycles. The summed E-state index contributed by atoms with van der Waals surface area (Å²) in [5, 5.41) is 0. The number of carbonyl (C=O) groups excluding carboxylic acids is 2. The Labute approximate surface area is 119 Å². The van der Waals surface area contributed by atoms with Gasteiger partial charge in [-0.3, -0.25) is 9.59 Å². The van der Waals surface area contributed by atoms with Crippen LogP contribution in [0, 0.1) is 11.8 Å². The molecule has 7 nitrogen and oxygen atoms in total. The molecule has 2 unspecified atom stereocenters. The molecule has 20 heavy (non-hydrogen) atoms. The van der Waals surface area contributed by atoms with E-state index in [-0.39, 0.29) is 37.0 Å². The van der Waals surface area contributed by atoms with E-state index in [0.717, 1.165) is 0 Å². The fourth-order valence-electron chi connectivity index (χ4n) is 2.24. The molecule has 0 radical (unpaired) electrons. The van der Waals surface area contributed by atoms with E-state index in [1.165, 1.54) is 18.5 Å². The van der Waals surface area contributed by atoms with Gasteiger partial charge in [-0.2, -0.15) is 0 Å². The van der Waals surface area contributed by atoms with Gasteiger partial charge in [0.2, 0.25) is 10.0 Å². The minimum absolute atomic E-state index is 0.0690. The van der Waals surface area contributed by atoms with Gasteiger partial charge < -0.3 is 9.47 Å². The Morgan fingerprint density at radius 3 is 2.40 bits per heavy atom. The summed E-state index contributed by atoms with van der Waals surface area (Å²) in [7, 11) is -0.896. The third kappa shape index (κ3) is 4.17. The van der Waals surface area contributed by atoms with E-state index >= 15 is 0 Å². The van der Waals surface area contributed by atoms with Crippen molar-refractivity contribution in [3.8, 4) is 0 Å².